The summed E-state index contributed by atoms with van der Waals surface area (Å²) in [6, 6.07) is 5.44. The molecule has 0 spiro atoms. The number of fused-ring (bicyclic) bond motifs is 1. The Morgan fingerprint density at radius 2 is 2.00 bits per heavy atom. The van der Waals surface area contributed by atoms with Crippen molar-refractivity contribution < 1.29 is 4.99 Å². The molecule has 0 atom stereocenters. The lowest BCUT2D eigenvalue weighted by Gasteiger charge is -2.01. The van der Waals surface area contributed by atoms with Gasteiger partial charge in [-0.25, -0.2) is 19.9 Å². The van der Waals surface area contributed by atoms with Gasteiger partial charge in [-0.05, 0) is 18.2 Å². The van der Waals surface area contributed by atoms with Crippen LogP contribution >= 0.6 is 11.6 Å². The molecule has 0 fully saturated rings. The van der Waals surface area contributed by atoms with E-state index in [0.29, 0.717) is 11.7 Å². The highest BCUT2D eigenvalue weighted by molar-refractivity contribution is 6.29. The second-order valence-electron chi connectivity index (χ2n) is 4.79. The Morgan fingerprint density at radius 3 is 2.78 bits per heavy atom. The fourth-order valence-electron chi connectivity index (χ4n) is 2.07. The van der Waals surface area contributed by atoms with Crippen LogP contribution in [0.1, 0.15) is 11.1 Å². The monoisotopic (exact) mass is 325 g/mol. The minimum absolute atomic E-state index is 0.431. The van der Waals surface area contributed by atoms with Crippen LogP contribution < -0.4 is 10.7 Å². The molecule has 0 unspecified atom stereocenters. The van der Waals surface area contributed by atoms with E-state index in [4.69, 9.17) is 17.3 Å². The summed E-state index contributed by atoms with van der Waals surface area (Å²) < 4.78 is 0. The Morgan fingerprint density at radius 1 is 1.17 bits per heavy atom. The van der Waals surface area contributed by atoms with Crippen LogP contribution in [0.3, 0.4) is 0 Å². The van der Waals surface area contributed by atoms with E-state index in [1.165, 1.54) is 12.5 Å². The average molecular weight is 326 g/mol. The third-order valence-electron chi connectivity index (χ3n) is 3.19. The number of pyridine rings is 2. The molecule has 6 nitrogen and oxygen atoms in total. The van der Waals surface area contributed by atoms with Crippen LogP contribution in [0.25, 0.3) is 16.6 Å². The summed E-state index contributed by atoms with van der Waals surface area (Å²) in [5.74, 6) is 0. The first-order valence-electron chi connectivity index (χ1n) is 6.91. The molecule has 23 heavy (non-hydrogen) atoms. The van der Waals surface area contributed by atoms with Gasteiger partial charge in [-0.3, -0.25) is 4.98 Å². The van der Waals surface area contributed by atoms with Crippen molar-refractivity contribution in [1.29, 1.82) is 0 Å². The van der Waals surface area contributed by atoms with E-state index in [2.05, 4.69) is 24.9 Å². The smallest absolute Gasteiger partial charge is 0.171 e. The molecule has 3 N–H and O–H groups in total. The summed E-state index contributed by atoms with van der Waals surface area (Å²) in [7, 11) is 0. The molecule has 7 heteroatoms. The van der Waals surface area contributed by atoms with Crippen LogP contribution in [-0.2, 0) is 6.54 Å². The average Bonchev–Trinajstić information content (AvgIpc) is 2.59. The van der Waals surface area contributed by atoms with E-state index in [9.17, 15) is 0 Å². The zero-order valence-electron chi connectivity index (χ0n) is 12.1. The molecule has 0 amide bonds. The van der Waals surface area contributed by atoms with Gasteiger partial charge in [-0.2, -0.15) is 0 Å². The van der Waals surface area contributed by atoms with Gasteiger partial charge in [0.2, 0.25) is 0 Å². The van der Waals surface area contributed by atoms with E-state index < -0.39 is 0 Å². The summed E-state index contributed by atoms with van der Waals surface area (Å²) in [4.78, 5) is 19.8. The van der Waals surface area contributed by atoms with Crippen molar-refractivity contribution >= 4 is 34.4 Å². The van der Waals surface area contributed by atoms with Gasteiger partial charge in [-0.1, -0.05) is 11.6 Å². The summed E-state index contributed by atoms with van der Waals surface area (Å²) in [5.41, 5.74) is 9.86. The highest BCUT2D eigenvalue weighted by Gasteiger charge is 2.06. The number of hydrogen-bond donors (Lipinski definition) is 2. The second-order valence-corrected chi connectivity index (χ2v) is 5.18. The van der Waals surface area contributed by atoms with Crippen molar-refractivity contribution in [1.82, 2.24) is 19.9 Å². The first-order chi connectivity index (χ1) is 11.3. The molecule has 3 heterocycles. The van der Waals surface area contributed by atoms with Gasteiger partial charge in [-0.15, -0.1) is 0 Å². The predicted octanol–water partition coefficient (Wildman–Crippen LogP) is 0.724. The largest absolute Gasteiger partial charge is 0.404 e. The molecule has 0 radical (unpaired) electrons. The highest BCUT2D eigenvalue weighted by Crippen LogP contribution is 2.17. The van der Waals surface area contributed by atoms with Gasteiger partial charge in [0.25, 0.3) is 0 Å². The molecule has 114 valence electrons. The van der Waals surface area contributed by atoms with Crippen LogP contribution in [0.2, 0.25) is 5.15 Å². The van der Waals surface area contributed by atoms with Gasteiger partial charge in [0.1, 0.15) is 11.5 Å². The van der Waals surface area contributed by atoms with Crippen LogP contribution in [0.15, 0.2) is 49.3 Å². The molecule has 0 aliphatic carbocycles. The first kappa shape index (κ1) is 15.1. The zero-order valence-corrected chi connectivity index (χ0v) is 12.9. The van der Waals surface area contributed by atoms with Gasteiger partial charge in [0.05, 0.1) is 22.2 Å². The minimum atomic E-state index is 0.431. The lowest BCUT2D eigenvalue weighted by Crippen LogP contribution is -2.67. The maximum atomic E-state index is 5.93. The standard InChI is InChI=1S/C16H13ClN6/c17-16-2-1-14-15(23-16)3-12(9-22-14)13(4-18)8-19-5-11-6-20-10-21-7-11/h1-4,6-10H,5,18H2/p+1. The molecular formula is C16H14ClN6+. The third kappa shape index (κ3) is 3.67. The maximum absolute atomic E-state index is 5.93. The Balaban J connectivity index is 1.83. The molecule has 0 saturated heterocycles. The van der Waals surface area contributed by atoms with E-state index in [0.717, 1.165) is 27.7 Å². The second kappa shape index (κ2) is 6.93. The summed E-state index contributed by atoms with van der Waals surface area (Å²) >= 11 is 5.93. The van der Waals surface area contributed by atoms with Crippen molar-refractivity contribution in [3.05, 3.63) is 65.6 Å². The van der Waals surface area contributed by atoms with E-state index in [-0.39, 0.29) is 0 Å². The van der Waals surface area contributed by atoms with Crippen molar-refractivity contribution in [3.63, 3.8) is 0 Å². The fourth-order valence-corrected chi connectivity index (χ4v) is 2.22. The molecule has 3 aromatic rings. The predicted molar refractivity (Wildman–Crippen MR) is 89.5 cm³/mol. The van der Waals surface area contributed by atoms with Crippen LogP contribution in [0.4, 0.5) is 0 Å². The third-order valence-corrected chi connectivity index (χ3v) is 3.40. The summed E-state index contributed by atoms with van der Waals surface area (Å²) in [6.45, 7) is 0.600. The van der Waals surface area contributed by atoms with Crippen molar-refractivity contribution in [2.45, 2.75) is 6.54 Å². The molecule has 0 saturated carbocycles. The highest BCUT2D eigenvalue weighted by atomic mass is 35.5. The minimum Gasteiger partial charge on any atom is -0.404 e. The number of nitrogens with one attached hydrogen (secondary N) is 1. The fraction of sp³-hybridized carbons (Fsp3) is 0.0625. The number of nitrogens with zero attached hydrogens (tertiary/aromatic N) is 4. The van der Waals surface area contributed by atoms with E-state index in [1.807, 2.05) is 18.3 Å². The summed E-state index contributed by atoms with van der Waals surface area (Å²) in [6.07, 6.45) is 10.1. The Bertz CT molecular complexity index is 876. The van der Waals surface area contributed by atoms with Crippen LogP contribution in [0.5, 0.6) is 0 Å². The topological polar surface area (TPSA) is 91.6 Å². The number of rotatable bonds is 4. The number of allylic oxidation sites excluding steroid dienone is 1. The van der Waals surface area contributed by atoms with Gasteiger partial charge < -0.3 is 5.73 Å². The number of nitrogens with two attached hydrogens (primary N) is 1. The number of aromatic nitrogens is 4. The Labute approximate surface area is 137 Å². The van der Waals surface area contributed by atoms with Gasteiger partial charge >= 0.3 is 0 Å². The van der Waals surface area contributed by atoms with Crippen molar-refractivity contribution in [2.24, 2.45) is 5.73 Å². The first-order valence-corrected chi connectivity index (χ1v) is 7.29. The van der Waals surface area contributed by atoms with Crippen LogP contribution in [0, 0.1) is 0 Å². The molecule has 0 bridgehead atoms. The lowest BCUT2D eigenvalue weighted by atomic mass is 10.1. The quantitative estimate of drug-likeness (QED) is 0.545. The lowest BCUT2D eigenvalue weighted by molar-refractivity contribution is -0.468. The maximum Gasteiger partial charge on any atom is 0.171 e. The summed E-state index contributed by atoms with van der Waals surface area (Å²) in [5, 5.41) is 0.431. The molecule has 3 aromatic heterocycles. The molecular weight excluding hydrogens is 312 g/mol. The van der Waals surface area contributed by atoms with E-state index in [1.54, 1.807) is 24.7 Å². The SMILES string of the molecule is NC=C(C=[NH+]Cc1cncnc1)c1cnc2ccc(Cl)nc2c1. The molecule has 0 aliphatic heterocycles. The van der Waals surface area contributed by atoms with Crippen molar-refractivity contribution in [2.75, 3.05) is 0 Å². The number of hydrogen-bond acceptors (Lipinski definition) is 5. The molecule has 3 rings (SSSR count). The zero-order chi connectivity index (χ0) is 16.1. The van der Waals surface area contributed by atoms with Crippen LogP contribution in [-0.4, -0.2) is 26.2 Å². The number of halogens is 1. The Hall–Kier alpha value is -2.86. The van der Waals surface area contributed by atoms with E-state index >= 15 is 0 Å². The van der Waals surface area contributed by atoms with Crippen molar-refractivity contribution in [3.8, 4) is 0 Å². The van der Waals surface area contributed by atoms with Gasteiger partial charge in [0, 0.05) is 30.4 Å². The Kier molecular flexibility index (Phi) is 4.54. The van der Waals surface area contributed by atoms with Gasteiger partial charge in [0.15, 0.2) is 12.8 Å². The molecule has 0 aromatic carbocycles. The normalized spacial score (nSPS) is 12.1. The molecule has 0 aliphatic rings.